The molecule has 0 aliphatic carbocycles. The van der Waals surface area contributed by atoms with E-state index < -0.39 is 44.4 Å². The third kappa shape index (κ3) is 12.6. The summed E-state index contributed by atoms with van der Waals surface area (Å²) < 4.78 is 64.9. The summed E-state index contributed by atoms with van der Waals surface area (Å²) in [4.78, 5) is 24.2. The first-order valence-electron chi connectivity index (χ1n) is 11.6. The number of benzene rings is 1. The van der Waals surface area contributed by atoms with Crippen LogP contribution in [-0.4, -0.2) is 119 Å². The molecule has 36 heavy (non-hydrogen) atoms. The zero-order valence-corrected chi connectivity index (χ0v) is 21.8. The number of carboxylic acid groups (broad SMARTS) is 1. The van der Waals surface area contributed by atoms with E-state index in [0.29, 0.717) is 39.6 Å². The molecular formula is C23H34O11S2. The maximum Gasteiger partial charge on any atom is 0.335 e. The first-order valence-corrected chi connectivity index (χ1v) is 14.9. The third-order valence-electron chi connectivity index (χ3n) is 5.11. The molecule has 1 N–H and O–H groups in total. The predicted octanol–water partition coefficient (Wildman–Crippen LogP) is 0.444. The van der Waals surface area contributed by atoms with Crippen LogP contribution in [0, 0.1) is 5.92 Å². The van der Waals surface area contributed by atoms with Crippen molar-refractivity contribution in [1.29, 1.82) is 0 Å². The van der Waals surface area contributed by atoms with Crippen molar-refractivity contribution in [3.63, 3.8) is 0 Å². The van der Waals surface area contributed by atoms with Crippen molar-refractivity contribution in [3.8, 4) is 0 Å². The number of carboxylic acids is 1. The molecule has 2 rings (SSSR count). The summed E-state index contributed by atoms with van der Waals surface area (Å²) in [6.07, 6.45) is 0. The Morgan fingerprint density at radius 3 is 1.72 bits per heavy atom. The van der Waals surface area contributed by atoms with Gasteiger partial charge in [-0.15, -0.1) is 0 Å². The first-order chi connectivity index (χ1) is 17.3. The summed E-state index contributed by atoms with van der Waals surface area (Å²) in [5.74, 6) is -3.54. The largest absolute Gasteiger partial charge is 0.616 e. The summed E-state index contributed by atoms with van der Waals surface area (Å²) in [6.45, 7) is 2.82. The molecule has 204 valence electrons. The minimum Gasteiger partial charge on any atom is -0.616 e. The molecule has 0 saturated carbocycles. The van der Waals surface area contributed by atoms with Gasteiger partial charge >= 0.3 is 5.97 Å². The number of hydrogen-bond donors (Lipinski definition) is 1. The summed E-state index contributed by atoms with van der Waals surface area (Å²) >= 11 is -1.52. The molecule has 1 aromatic carbocycles. The van der Waals surface area contributed by atoms with Crippen LogP contribution in [0.1, 0.15) is 20.7 Å². The number of ketones is 1. The van der Waals surface area contributed by atoms with Crippen molar-refractivity contribution in [1.82, 2.24) is 0 Å². The second-order valence-corrected chi connectivity index (χ2v) is 11.8. The Hall–Kier alpha value is -1.58. The van der Waals surface area contributed by atoms with Gasteiger partial charge in [0.05, 0.1) is 89.1 Å². The van der Waals surface area contributed by atoms with E-state index in [9.17, 15) is 22.6 Å². The molecule has 2 atom stereocenters. The Morgan fingerprint density at radius 1 is 0.778 bits per heavy atom. The average molecular weight is 551 g/mol. The van der Waals surface area contributed by atoms with Crippen molar-refractivity contribution in [3.05, 3.63) is 35.4 Å². The molecule has 0 spiro atoms. The number of sulfone groups is 1. The molecule has 0 amide bonds. The smallest absolute Gasteiger partial charge is 0.335 e. The van der Waals surface area contributed by atoms with Crippen LogP contribution in [-0.2, 0) is 44.7 Å². The van der Waals surface area contributed by atoms with Gasteiger partial charge in [-0.3, -0.25) is 4.79 Å². The minimum absolute atomic E-state index is 0.0000631. The van der Waals surface area contributed by atoms with Crippen LogP contribution in [0.4, 0.5) is 0 Å². The predicted molar refractivity (Wildman–Crippen MR) is 132 cm³/mol. The number of hydrogen-bond acceptors (Lipinski definition) is 10. The van der Waals surface area contributed by atoms with Gasteiger partial charge in [-0.1, -0.05) is 23.3 Å². The Balaban J connectivity index is 2.04. The Bertz CT molecular complexity index is 890. The van der Waals surface area contributed by atoms with E-state index in [1.165, 1.54) is 24.3 Å². The van der Waals surface area contributed by atoms with Gasteiger partial charge in [-0.25, -0.2) is 13.2 Å². The molecule has 1 aliphatic rings. The van der Waals surface area contributed by atoms with E-state index in [1.807, 2.05) is 0 Å². The van der Waals surface area contributed by atoms with Crippen LogP contribution in [0.2, 0.25) is 0 Å². The maximum atomic E-state index is 13.1. The van der Waals surface area contributed by atoms with E-state index in [4.69, 9.17) is 28.8 Å². The van der Waals surface area contributed by atoms with E-state index in [0.717, 1.165) is 0 Å². The lowest BCUT2D eigenvalue weighted by Gasteiger charge is -2.19. The highest BCUT2D eigenvalue weighted by molar-refractivity contribution is 7.92. The van der Waals surface area contributed by atoms with Gasteiger partial charge in [0.15, 0.2) is 15.6 Å². The molecule has 11 nitrogen and oxygen atoms in total. The quantitative estimate of drug-likeness (QED) is 0.411. The molecule has 1 aliphatic heterocycles. The lowest BCUT2D eigenvalue weighted by Crippen LogP contribution is -2.34. The van der Waals surface area contributed by atoms with Crippen molar-refractivity contribution in [2.24, 2.45) is 5.92 Å². The van der Waals surface area contributed by atoms with E-state index in [1.54, 1.807) is 0 Å². The van der Waals surface area contributed by atoms with Gasteiger partial charge in [0, 0.05) is 5.56 Å². The van der Waals surface area contributed by atoms with E-state index >= 15 is 0 Å². The zero-order valence-electron chi connectivity index (χ0n) is 20.1. The first kappa shape index (κ1) is 30.6. The van der Waals surface area contributed by atoms with Gasteiger partial charge in [-0.05, 0) is 12.1 Å². The number of carbonyl (C=O) groups is 2. The monoisotopic (exact) mass is 550 g/mol. The highest BCUT2D eigenvalue weighted by Crippen LogP contribution is 2.16. The molecule has 2 unspecified atom stereocenters. The minimum atomic E-state index is -3.71. The Kier molecular flexibility index (Phi) is 14.5. The topological polar surface area (TPSA) is 158 Å². The zero-order chi connectivity index (χ0) is 26.2. The fourth-order valence-electron chi connectivity index (χ4n) is 3.23. The van der Waals surface area contributed by atoms with Crippen LogP contribution in [0.3, 0.4) is 0 Å². The van der Waals surface area contributed by atoms with Crippen molar-refractivity contribution in [2.45, 2.75) is 0 Å². The van der Waals surface area contributed by atoms with Gasteiger partial charge in [0.1, 0.15) is 11.5 Å². The molecule has 0 radical (unpaired) electrons. The lowest BCUT2D eigenvalue weighted by atomic mass is 10.00. The van der Waals surface area contributed by atoms with E-state index in [2.05, 4.69) is 0 Å². The normalized spacial score (nSPS) is 24.6. The molecule has 0 aromatic heterocycles. The van der Waals surface area contributed by atoms with Gasteiger partial charge in [0.25, 0.3) is 0 Å². The Labute approximate surface area is 214 Å². The van der Waals surface area contributed by atoms with Gasteiger partial charge in [-0.2, -0.15) is 0 Å². The standard InChI is InChI=1S/C23H34O11S2/c24-22(19-1-3-20(4-2-19)23(25)26)21-17-35(27)15-13-33-11-9-31-7-5-30-6-8-32-10-12-34-14-16-36(28,29)18-21/h1-4,21H,5-18H2,(H,25,26). The molecule has 1 saturated heterocycles. The highest BCUT2D eigenvalue weighted by Gasteiger charge is 2.31. The van der Waals surface area contributed by atoms with E-state index in [-0.39, 0.29) is 54.8 Å². The fourth-order valence-corrected chi connectivity index (χ4v) is 5.99. The molecule has 13 heteroatoms. The number of carbonyl (C=O) groups excluding carboxylic acids is 1. The summed E-state index contributed by atoms with van der Waals surface area (Å²) in [7, 11) is -3.71. The number of ether oxygens (including phenoxy) is 5. The lowest BCUT2D eigenvalue weighted by molar-refractivity contribution is -0.00914. The number of aromatic carboxylic acids is 1. The number of Topliss-reactive ketones (excluding diaryl/α,β-unsaturated/α-hetero) is 1. The van der Waals surface area contributed by atoms with Crippen LogP contribution < -0.4 is 0 Å². The average Bonchev–Trinajstić information content (AvgIpc) is 2.84. The fraction of sp³-hybridized carbons (Fsp3) is 0.652. The maximum absolute atomic E-state index is 13.1. The second kappa shape index (κ2) is 17.0. The highest BCUT2D eigenvalue weighted by atomic mass is 32.2. The number of rotatable bonds is 3. The molecule has 1 aromatic rings. The molecule has 1 heterocycles. The molecular weight excluding hydrogens is 516 g/mol. The Morgan fingerprint density at radius 2 is 1.22 bits per heavy atom. The summed E-state index contributed by atoms with van der Waals surface area (Å²) in [5, 5.41) is 9.06. The van der Waals surface area contributed by atoms with Crippen molar-refractivity contribution >= 4 is 32.8 Å². The summed E-state index contributed by atoms with van der Waals surface area (Å²) in [6, 6.07) is 5.21. The third-order valence-corrected chi connectivity index (χ3v) is 8.21. The SMILES string of the molecule is O=C(O)c1ccc(C(=O)C2C[S+]([O-])CCOCCOCCOCCOCCOCCS(=O)(=O)C2)cc1. The van der Waals surface area contributed by atoms with Crippen LogP contribution in [0.15, 0.2) is 24.3 Å². The van der Waals surface area contributed by atoms with Crippen molar-refractivity contribution < 1.29 is 51.4 Å². The van der Waals surface area contributed by atoms with Gasteiger partial charge < -0.3 is 33.3 Å². The van der Waals surface area contributed by atoms with Crippen molar-refractivity contribution in [2.75, 3.05) is 89.1 Å². The molecule has 0 bridgehead atoms. The van der Waals surface area contributed by atoms with Crippen LogP contribution in [0.25, 0.3) is 0 Å². The van der Waals surface area contributed by atoms with Gasteiger partial charge in [0.2, 0.25) is 0 Å². The second-order valence-electron chi connectivity index (χ2n) is 7.93. The molecule has 1 fully saturated rings. The van der Waals surface area contributed by atoms with Crippen LogP contribution >= 0.6 is 0 Å². The summed E-state index contributed by atoms with van der Waals surface area (Å²) in [5.41, 5.74) is 0.157. The van der Waals surface area contributed by atoms with Crippen LogP contribution in [0.5, 0.6) is 0 Å².